The van der Waals surface area contributed by atoms with E-state index in [9.17, 15) is 19.5 Å². The van der Waals surface area contributed by atoms with Gasteiger partial charge < -0.3 is 19.7 Å². The molecule has 0 bridgehead atoms. The number of amides is 2. The van der Waals surface area contributed by atoms with E-state index in [-0.39, 0.29) is 23.7 Å². The Balaban J connectivity index is 1.80. The number of phenols is 1. The number of aliphatic carboxylic acids is 1. The topological polar surface area (TPSA) is 113 Å². The van der Waals surface area contributed by atoms with Crippen molar-refractivity contribution in [2.45, 2.75) is 6.42 Å². The first kappa shape index (κ1) is 20.3. The molecule has 8 nitrogen and oxygen atoms in total. The Morgan fingerprint density at radius 3 is 2.52 bits per heavy atom. The van der Waals surface area contributed by atoms with Gasteiger partial charge in [-0.3, -0.25) is 14.4 Å². The number of thioether (sulfide) groups is 1. The minimum Gasteiger partial charge on any atom is -0.508 e. The lowest BCUT2D eigenvalue weighted by Gasteiger charge is -2.12. The first-order valence-electron chi connectivity index (χ1n) is 8.48. The second-order valence-corrected chi connectivity index (χ2v) is 6.93. The van der Waals surface area contributed by atoms with E-state index in [0.717, 1.165) is 16.7 Å². The molecule has 2 aromatic carbocycles. The van der Waals surface area contributed by atoms with Crippen molar-refractivity contribution < 1.29 is 34.1 Å². The van der Waals surface area contributed by atoms with Crippen molar-refractivity contribution in [1.82, 2.24) is 0 Å². The molecule has 0 atom stereocenters. The number of carbonyl (C=O) groups is 3. The smallest absolute Gasteiger partial charge is 0.306 e. The Morgan fingerprint density at radius 2 is 1.86 bits per heavy atom. The zero-order valence-electron chi connectivity index (χ0n) is 15.3. The lowest BCUT2D eigenvalue weighted by molar-refractivity contribution is -0.137. The van der Waals surface area contributed by atoms with Crippen molar-refractivity contribution >= 4 is 40.6 Å². The molecule has 0 unspecified atom stereocenters. The molecule has 1 heterocycles. The fraction of sp³-hybridized carbons (Fsp3) is 0.150. The second-order valence-electron chi connectivity index (χ2n) is 5.94. The van der Waals surface area contributed by atoms with Crippen molar-refractivity contribution in [3.63, 3.8) is 0 Å². The molecule has 0 aliphatic carbocycles. The fourth-order valence-electron chi connectivity index (χ4n) is 2.58. The molecular formula is C20H17NO7S. The van der Waals surface area contributed by atoms with Gasteiger partial charge in [-0.2, -0.15) is 0 Å². The first-order valence-corrected chi connectivity index (χ1v) is 9.30. The van der Waals surface area contributed by atoms with E-state index in [2.05, 4.69) is 0 Å². The van der Waals surface area contributed by atoms with E-state index in [1.54, 1.807) is 24.3 Å². The zero-order valence-corrected chi connectivity index (χ0v) is 16.1. The number of benzene rings is 2. The molecular weight excluding hydrogens is 398 g/mol. The largest absolute Gasteiger partial charge is 0.508 e. The van der Waals surface area contributed by atoms with Crippen LogP contribution in [0.15, 0.2) is 47.4 Å². The normalized spacial score (nSPS) is 15.1. The number of ether oxygens (including phenoxy) is 2. The van der Waals surface area contributed by atoms with E-state index >= 15 is 0 Å². The molecule has 0 aromatic heterocycles. The number of carboxylic acid groups (broad SMARTS) is 1. The van der Waals surface area contributed by atoms with Gasteiger partial charge in [-0.1, -0.05) is 6.07 Å². The number of nitrogens with zero attached hydrogens (tertiary/aromatic N) is 1. The van der Waals surface area contributed by atoms with Crippen LogP contribution in [0.2, 0.25) is 0 Å². The molecule has 150 valence electrons. The van der Waals surface area contributed by atoms with E-state index in [1.807, 2.05) is 0 Å². The van der Waals surface area contributed by atoms with Crippen molar-refractivity contribution in [3.05, 3.63) is 52.9 Å². The monoisotopic (exact) mass is 415 g/mol. The minimum absolute atomic E-state index is 0.00341. The van der Waals surface area contributed by atoms with Crippen molar-refractivity contribution in [1.29, 1.82) is 0 Å². The second kappa shape index (κ2) is 8.70. The number of rotatable bonds is 7. The fourth-order valence-corrected chi connectivity index (χ4v) is 3.43. The SMILES string of the molecule is COc1cc(/C=C2/SC(=O)N(c3ccc(O)cc3)C2=O)ccc1OCCC(=O)O. The summed E-state index contributed by atoms with van der Waals surface area (Å²) in [5.41, 5.74) is 0.983. The van der Waals surface area contributed by atoms with Crippen LogP contribution < -0.4 is 14.4 Å². The van der Waals surface area contributed by atoms with Gasteiger partial charge in [0.05, 0.1) is 30.7 Å². The predicted molar refractivity (Wildman–Crippen MR) is 107 cm³/mol. The summed E-state index contributed by atoms with van der Waals surface area (Å²) in [6.07, 6.45) is 1.42. The van der Waals surface area contributed by atoms with Crippen LogP contribution in [0.1, 0.15) is 12.0 Å². The number of phenolic OH excluding ortho intramolecular Hbond substituents is 1. The van der Waals surface area contributed by atoms with Gasteiger partial charge in [0.2, 0.25) is 0 Å². The third-order valence-corrected chi connectivity index (χ3v) is 4.83. The number of hydrogen-bond acceptors (Lipinski definition) is 7. The number of aromatic hydroxyl groups is 1. The van der Waals surface area contributed by atoms with Crippen molar-refractivity contribution in [2.24, 2.45) is 0 Å². The lowest BCUT2D eigenvalue weighted by atomic mass is 10.1. The molecule has 1 aliphatic heterocycles. The van der Waals surface area contributed by atoms with Gasteiger partial charge >= 0.3 is 5.97 Å². The number of methoxy groups -OCH3 is 1. The summed E-state index contributed by atoms with van der Waals surface area (Å²) in [6, 6.07) is 10.7. The van der Waals surface area contributed by atoms with E-state index < -0.39 is 17.1 Å². The van der Waals surface area contributed by atoms with Crippen molar-refractivity contribution in [3.8, 4) is 17.2 Å². The summed E-state index contributed by atoms with van der Waals surface area (Å²) in [7, 11) is 1.45. The Morgan fingerprint density at radius 1 is 1.14 bits per heavy atom. The van der Waals surface area contributed by atoms with Gasteiger partial charge in [-0.05, 0) is 59.8 Å². The maximum absolute atomic E-state index is 12.7. The van der Waals surface area contributed by atoms with Crippen LogP contribution in [0.3, 0.4) is 0 Å². The summed E-state index contributed by atoms with van der Waals surface area (Å²) in [5.74, 6) is -0.643. The number of carboxylic acids is 1. The van der Waals surface area contributed by atoms with Crippen LogP contribution in [0.5, 0.6) is 17.2 Å². The molecule has 0 saturated carbocycles. The Bertz CT molecular complexity index is 985. The molecule has 1 saturated heterocycles. The molecule has 1 fully saturated rings. The summed E-state index contributed by atoms with van der Waals surface area (Å²) in [4.78, 5) is 36.8. The first-order chi connectivity index (χ1) is 13.9. The number of carbonyl (C=O) groups excluding carboxylic acids is 2. The maximum Gasteiger partial charge on any atom is 0.306 e. The van der Waals surface area contributed by atoms with Gasteiger partial charge in [0.1, 0.15) is 5.75 Å². The third-order valence-electron chi connectivity index (χ3n) is 3.96. The summed E-state index contributed by atoms with van der Waals surface area (Å²) in [5, 5.41) is 17.6. The quantitative estimate of drug-likeness (QED) is 0.661. The molecule has 9 heteroatoms. The van der Waals surface area contributed by atoms with E-state index in [0.29, 0.717) is 22.7 Å². The molecule has 1 aliphatic rings. The summed E-state index contributed by atoms with van der Waals surface area (Å²) in [6.45, 7) is -0.00341. The summed E-state index contributed by atoms with van der Waals surface area (Å²) >= 11 is 0.809. The number of imide groups is 1. The van der Waals surface area contributed by atoms with Gasteiger partial charge in [0.15, 0.2) is 11.5 Å². The number of anilines is 1. The third kappa shape index (κ3) is 4.69. The maximum atomic E-state index is 12.7. The van der Waals surface area contributed by atoms with Crippen LogP contribution in [-0.2, 0) is 9.59 Å². The Hall–Kier alpha value is -3.46. The van der Waals surface area contributed by atoms with Crippen molar-refractivity contribution in [2.75, 3.05) is 18.6 Å². The molecule has 2 aromatic rings. The average Bonchev–Trinajstić information content (AvgIpc) is 2.96. The van der Waals surface area contributed by atoms with Gasteiger partial charge in [0, 0.05) is 0 Å². The predicted octanol–water partition coefficient (Wildman–Crippen LogP) is 3.50. The Kier molecular flexibility index (Phi) is 6.08. The van der Waals surface area contributed by atoms with E-state index in [4.69, 9.17) is 14.6 Å². The van der Waals surface area contributed by atoms with Crippen LogP contribution in [0.25, 0.3) is 6.08 Å². The highest BCUT2D eigenvalue weighted by atomic mass is 32.2. The minimum atomic E-state index is -0.968. The molecule has 29 heavy (non-hydrogen) atoms. The highest BCUT2D eigenvalue weighted by Crippen LogP contribution is 2.37. The van der Waals surface area contributed by atoms with E-state index in [1.165, 1.54) is 31.4 Å². The lowest BCUT2D eigenvalue weighted by Crippen LogP contribution is -2.27. The molecule has 0 spiro atoms. The van der Waals surface area contributed by atoms with Crippen LogP contribution >= 0.6 is 11.8 Å². The van der Waals surface area contributed by atoms with Gasteiger partial charge in [0.25, 0.3) is 11.1 Å². The average molecular weight is 415 g/mol. The standard InChI is InChI=1S/C20H17NO7S/c1-27-16-10-12(2-7-15(16)28-9-8-18(23)24)11-17-19(25)21(20(26)29-17)13-3-5-14(22)6-4-13/h2-7,10-11,22H,8-9H2,1H3,(H,23,24)/b17-11+. The number of hydrogen-bond donors (Lipinski definition) is 2. The highest BCUT2D eigenvalue weighted by molar-refractivity contribution is 8.19. The molecule has 3 rings (SSSR count). The van der Waals surface area contributed by atoms with Gasteiger partial charge in [-0.25, -0.2) is 4.90 Å². The van der Waals surface area contributed by atoms with Crippen LogP contribution in [0.4, 0.5) is 10.5 Å². The molecule has 0 radical (unpaired) electrons. The zero-order chi connectivity index (χ0) is 21.0. The Labute approximate surface area is 170 Å². The van der Waals surface area contributed by atoms with Gasteiger partial charge in [-0.15, -0.1) is 0 Å². The molecule has 2 amide bonds. The van der Waals surface area contributed by atoms with Crippen LogP contribution in [0, 0.1) is 0 Å². The highest BCUT2D eigenvalue weighted by Gasteiger charge is 2.36. The van der Waals surface area contributed by atoms with Crippen LogP contribution in [-0.4, -0.2) is 41.0 Å². The summed E-state index contributed by atoms with van der Waals surface area (Å²) < 4.78 is 10.7. The molecule has 2 N–H and O–H groups in total.